The third kappa shape index (κ3) is 5.09. The molecular weight excluding hydrogens is 487 g/mol. The van der Waals surface area contributed by atoms with Crippen molar-refractivity contribution in [2.24, 2.45) is 0 Å². The molecule has 0 saturated carbocycles. The normalized spacial score (nSPS) is 14.7. The lowest BCUT2D eigenvalue weighted by atomic mass is 9.99. The molecule has 2 heterocycles. The monoisotopic (exact) mass is 514 g/mol. The summed E-state index contributed by atoms with van der Waals surface area (Å²) in [5, 5.41) is 6.13. The van der Waals surface area contributed by atoms with Crippen LogP contribution in [-0.2, 0) is 9.59 Å². The van der Waals surface area contributed by atoms with Gasteiger partial charge in [-0.1, -0.05) is 0 Å². The fourth-order valence-electron chi connectivity index (χ4n) is 4.36. The minimum absolute atomic E-state index is 0.0489. The lowest BCUT2D eigenvalue weighted by Crippen LogP contribution is -2.35. The summed E-state index contributed by atoms with van der Waals surface area (Å²) in [6, 6.07) is 17.0. The Morgan fingerprint density at radius 1 is 0.947 bits per heavy atom. The zero-order chi connectivity index (χ0) is 26.8. The van der Waals surface area contributed by atoms with Gasteiger partial charge in [-0.05, 0) is 74.8 Å². The maximum atomic E-state index is 13.9. The van der Waals surface area contributed by atoms with Gasteiger partial charge in [-0.2, -0.15) is 0 Å². The molecule has 0 fully saturated rings. The van der Waals surface area contributed by atoms with Gasteiger partial charge in [-0.15, -0.1) is 0 Å². The molecule has 38 heavy (non-hydrogen) atoms. The molecule has 0 saturated heterocycles. The molecule has 0 bridgehead atoms. The number of carbonyl (C=O) groups is 2. The van der Waals surface area contributed by atoms with Gasteiger partial charge in [0.25, 0.3) is 5.91 Å². The van der Waals surface area contributed by atoms with Gasteiger partial charge in [-0.3, -0.25) is 9.59 Å². The highest BCUT2D eigenvalue weighted by atomic mass is 19.1. The lowest BCUT2D eigenvalue weighted by molar-refractivity contribution is -0.116. The van der Waals surface area contributed by atoms with Crippen LogP contribution in [0.15, 0.2) is 73.2 Å². The van der Waals surface area contributed by atoms with Gasteiger partial charge in [-0.25, -0.2) is 4.39 Å². The van der Waals surface area contributed by atoms with E-state index >= 15 is 0 Å². The number of anilines is 3. The van der Waals surface area contributed by atoms with Crippen molar-refractivity contribution in [2.45, 2.75) is 6.92 Å². The number of hydrogen-bond acceptors (Lipinski definition) is 6. The van der Waals surface area contributed by atoms with E-state index in [4.69, 9.17) is 9.47 Å². The first-order chi connectivity index (χ1) is 18.3. The van der Waals surface area contributed by atoms with Crippen LogP contribution in [0.25, 0.3) is 11.3 Å². The molecule has 2 aliphatic heterocycles. The van der Waals surface area contributed by atoms with Gasteiger partial charge in [0.05, 0.1) is 17.0 Å². The molecule has 3 aromatic rings. The summed E-state index contributed by atoms with van der Waals surface area (Å²) in [5.41, 5.74) is 4.00. The molecule has 0 spiro atoms. The van der Waals surface area contributed by atoms with Crippen molar-refractivity contribution < 1.29 is 23.5 Å². The fourth-order valence-corrected chi connectivity index (χ4v) is 4.36. The molecule has 5 rings (SSSR count). The second kappa shape index (κ2) is 10.4. The fraction of sp³-hybridized carbons (Fsp3) is 0.172. The molecule has 0 unspecified atom stereocenters. The largest absolute Gasteiger partial charge is 0.458 e. The number of ether oxygens (including phenoxy) is 2. The number of halogens is 1. The molecule has 8 nitrogen and oxygen atoms in total. The summed E-state index contributed by atoms with van der Waals surface area (Å²) in [6.07, 6.45) is 2.88. The van der Waals surface area contributed by atoms with Crippen molar-refractivity contribution in [3.8, 4) is 11.5 Å². The Morgan fingerprint density at radius 3 is 2.39 bits per heavy atom. The Kier molecular flexibility index (Phi) is 6.85. The van der Waals surface area contributed by atoms with Crippen LogP contribution in [0.2, 0.25) is 0 Å². The molecule has 0 radical (unpaired) electrons. The van der Waals surface area contributed by atoms with Gasteiger partial charge >= 0.3 is 0 Å². The Hall–Kier alpha value is -4.63. The summed E-state index contributed by atoms with van der Waals surface area (Å²) in [4.78, 5) is 29.1. The first-order valence-electron chi connectivity index (χ1n) is 12.1. The van der Waals surface area contributed by atoms with E-state index in [1.807, 2.05) is 49.3 Å². The molecule has 2 amide bonds. The van der Waals surface area contributed by atoms with Crippen LogP contribution in [0.1, 0.15) is 18.1 Å². The molecule has 0 atom stereocenters. The molecule has 3 aromatic carbocycles. The van der Waals surface area contributed by atoms with Crippen molar-refractivity contribution in [2.75, 3.05) is 42.7 Å². The quantitative estimate of drug-likeness (QED) is 0.436. The van der Waals surface area contributed by atoms with Crippen molar-refractivity contribution >= 4 is 40.1 Å². The number of hydrogen-bond donors (Lipinski definition) is 2. The van der Waals surface area contributed by atoms with E-state index in [2.05, 4.69) is 10.6 Å². The maximum Gasteiger partial charge on any atom is 0.258 e. The Morgan fingerprint density at radius 2 is 1.68 bits per heavy atom. The number of nitrogens with zero attached hydrogens (tertiary/aromatic N) is 2. The molecule has 0 aliphatic carbocycles. The Labute approximate surface area is 220 Å². The van der Waals surface area contributed by atoms with Crippen LogP contribution in [0.4, 0.5) is 21.5 Å². The van der Waals surface area contributed by atoms with Crippen LogP contribution < -0.4 is 25.0 Å². The number of rotatable bonds is 7. The number of fused-ring (bicyclic) bond motifs is 2. The third-order valence-electron chi connectivity index (χ3n) is 6.25. The molecular formula is C29H27FN4O4. The van der Waals surface area contributed by atoms with Crippen molar-refractivity contribution in [3.05, 3.63) is 90.1 Å². The first kappa shape index (κ1) is 25.0. The van der Waals surface area contributed by atoms with Gasteiger partial charge in [0.1, 0.15) is 18.3 Å². The van der Waals surface area contributed by atoms with E-state index in [1.54, 1.807) is 30.0 Å². The van der Waals surface area contributed by atoms with Gasteiger partial charge in [0, 0.05) is 42.5 Å². The zero-order valence-electron chi connectivity index (χ0n) is 21.2. The topological polar surface area (TPSA) is 83.1 Å². The minimum Gasteiger partial charge on any atom is -0.458 e. The second-order valence-electron chi connectivity index (χ2n) is 9.21. The Balaban J connectivity index is 1.54. The predicted octanol–water partition coefficient (Wildman–Crippen LogP) is 4.92. The van der Waals surface area contributed by atoms with Gasteiger partial charge < -0.3 is 29.9 Å². The summed E-state index contributed by atoms with van der Waals surface area (Å²) >= 11 is 0. The summed E-state index contributed by atoms with van der Waals surface area (Å²) in [6.45, 7) is 2.83. The average Bonchev–Trinajstić information content (AvgIpc) is 3.22. The Bertz CT molecular complexity index is 1460. The molecule has 9 heteroatoms. The third-order valence-corrected chi connectivity index (χ3v) is 6.25. The van der Waals surface area contributed by atoms with Crippen LogP contribution in [-0.4, -0.2) is 43.9 Å². The molecule has 2 N–H and O–H groups in total. The van der Waals surface area contributed by atoms with E-state index in [9.17, 15) is 14.0 Å². The number of likely N-dealkylation sites (N-methyl/N-ethyl adjacent to an activating group) is 1. The number of benzene rings is 3. The van der Waals surface area contributed by atoms with Gasteiger partial charge in [0.15, 0.2) is 11.5 Å². The van der Waals surface area contributed by atoms with Crippen LogP contribution in [0, 0.1) is 5.82 Å². The van der Waals surface area contributed by atoms with Crippen molar-refractivity contribution in [1.82, 2.24) is 4.90 Å². The van der Waals surface area contributed by atoms with Crippen LogP contribution in [0.3, 0.4) is 0 Å². The number of nitrogens with one attached hydrogen (secondary N) is 2. The highest BCUT2D eigenvalue weighted by Gasteiger charge is 2.29. The maximum absolute atomic E-state index is 13.9. The second-order valence-corrected chi connectivity index (χ2v) is 9.21. The van der Waals surface area contributed by atoms with Gasteiger partial charge in [0.2, 0.25) is 5.91 Å². The SMILES string of the molecule is CC(=O)N(CCN(C)C)c1ccc(NC(=C2C(=O)Nc3cc(F)ccc32)c2ccc3c(c2)OC=CO3)cc1. The van der Waals surface area contributed by atoms with Crippen molar-refractivity contribution in [3.63, 3.8) is 0 Å². The highest BCUT2D eigenvalue weighted by molar-refractivity contribution is 6.37. The van der Waals surface area contributed by atoms with E-state index in [1.165, 1.54) is 24.7 Å². The molecule has 0 aromatic heterocycles. The minimum atomic E-state index is -0.439. The zero-order valence-corrected chi connectivity index (χ0v) is 21.2. The molecule has 2 aliphatic rings. The highest BCUT2D eigenvalue weighted by Crippen LogP contribution is 2.40. The van der Waals surface area contributed by atoms with Crippen molar-refractivity contribution in [1.29, 1.82) is 0 Å². The first-order valence-corrected chi connectivity index (χ1v) is 12.1. The number of amides is 2. The predicted molar refractivity (Wildman–Crippen MR) is 145 cm³/mol. The van der Waals surface area contributed by atoms with E-state index in [0.717, 1.165) is 12.2 Å². The van der Waals surface area contributed by atoms with Crippen LogP contribution >= 0.6 is 0 Å². The summed E-state index contributed by atoms with van der Waals surface area (Å²) in [5.74, 6) is 0.199. The van der Waals surface area contributed by atoms with E-state index in [-0.39, 0.29) is 11.8 Å². The van der Waals surface area contributed by atoms with Crippen LogP contribution in [0.5, 0.6) is 11.5 Å². The summed E-state index contributed by atoms with van der Waals surface area (Å²) in [7, 11) is 3.92. The summed E-state index contributed by atoms with van der Waals surface area (Å²) < 4.78 is 25.0. The number of carbonyl (C=O) groups excluding carboxylic acids is 2. The average molecular weight is 515 g/mol. The smallest absolute Gasteiger partial charge is 0.258 e. The van der Waals surface area contributed by atoms with E-state index in [0.29, 0.717) is 51.8 Å². The van der Waals surface area contributed by atoms with E-state index < -0.39 is 5.82 Å². The lowest BCUT2D eigenvalue weighted by Gasteiger charge is -2.23. The standard InChI is InChI=1S/C29H27FN4O4/c1-18(35)34(13-12-33(2)3)22-8-6-21(7-9-22)31-28(19-4-11-25-26(16-19)38-15-14-37-25)27-23-10-5-20(30)17-24(23)32-29(27)36/h4-11,14-17,31H,12-13H2,1-3H3,(H,32,36). The molecule has 194 valence electrons.